The van der Waals surface area contributed by atoms with Gasteiger partial charge in [0.15, 0.2) is 0 Å². The van der Waals surface area contributed by atoms with Crippen LogP contribution in [0.3, 0.4) is 0 Å². The maximum Gasteiger partial charge on any atom is 0.129 e. The number of nitrogens with one attached hydrogen (secondary N) is 1. The molecule has 0 fully saturated rings. The Morgan fingerprint density at radius 3 is 2.43 bits per heavy atom. The predicted molar refractivity (Wildman–Crippen MR) is 93.0 cm³/mol. The van der Waals surface area contributed by atoms with Gasteiger partial charge in [-0.3, -0.25) is 0 Å². The van der Waals surface area contributed by atoms with Crippen LogP contribution in [-0.2, 0) is 12.0 Å². The Morgan fingerprint density at radius 1 is 1.29 bits per heavy atom. The first-order valence-corrected chi connectivity index (χ1v) is 7.89. The van der Waals surface area contributed by atoms with E-state index in [-0.39, 0.29) is 5.41 Å². The molecule has 0 unspecified atom stereocenters. The zero-order valence-corrected chi connectivity index (χ0v) is 14.6. The van der Waals surface area contributed by atoms with E-state index in [9.17, 15) is 0 Å². The molecule has 0 aliphatic carbocycles. The number of hydrogen-bond donors (Lipinski definition) is 1. The Kier molecular flexibility index (Phi) is 6.41. The summed E-state index contributed by atoms with van der Waals surface area (Å²) in [5.41, 5.74) is 3.66. The van der Waals surface area contributed by atoms with Crippen molar-refractivity contribution in [2.75, 3.05) is 24.5 Å². The zero-order valence-electron chi connectivity index (χ0n) is 14.6. The van der Waals surface area contributed by atoms with Gasteiger partial charge in [-0.25, -0.2) is 4.98 Å². The molecule has 0 spiro atoms. The van der Waals surface area contributed by atoms with Crippen molar-refractivity contribution in [2.24, 2.45) is 0 Å². The molecule has 0 amide bonds. The zero-order chi connectivity index (χ0) is 16.0. The van der Waals surface area contributed by atoms with Gasteiger partial charge in [-0.1, -0.05) is 39.8 Å². The van der Waals surface area contributed by atoms with Crippen LogP contribution in [0.2, 0.25) is 0 Å². The molecule has 0 aliphatic heterocycles. The minimum Gasteiger partial charge on any atom is -0.353 e. The topological polar surface area (TPSA) is 28.2 Å². The van der Waals surface area contributed by atoms with Crippen molar-refractivity contribution in [1.82, 2.24) is 10.3 Å². The molecule has 0 radical (unpaired) electrons. The fraction of sp³-hybridized carbons (Fsp3) is 0.611. The minimum atomic E-state index is 0.0552. The molecule has 0 bridgehead atoms. The summed E-state index contributed by atoms with van der Waals surface area (Å²) in [5, 5.41) is 3.40. The van der Waals surface area contributed by atoms with Gasteiger partial charge in [0.05, 0.1) is 0 Å². The molecule has 0 aliphatic rings. The van der Waals surface area contributed by atoms with Crippen molar-refractivity contribution in [3.05, 3.63) is 35.5 Å². The fourth-order valence-corrected chi connectivity index (χ4v) is 2.17. The quantitative estimate of drug-likeness (QED) is 0.772. The third-order valence-corrected chi connectivity index (χ3v) is 3.39. The van der Waals surface area contributed by atoms with E-state index in [0.717, 1.165) is 43.3 Å². The van der Waals surface area contributed by atoms with E-state index < -0.39 is 0 Å². The Labute approximate surface area is 130 Å². The average Bonchev–Trinajstić information content (AvgIpc) is 2.41. The van der Waals surface area contributed by atoms with Crippen molar-refractivity contribution < 1.29 is 0 Å². The maximum absolute atomic E-state index is 4.89. The first kappa shape index (κ1) is 17.7. The van der Waals surface area contributed by atoms with Gasteiger partial charge in [-0.05, 0) is 38.1 Å². The van der Waals surface area contributed by atoms with E-state index in [0.29, 0.717) is 0 Å². The monoisotopic (exact) mass is 289 g/mol. The highest BCUT2D eigenvalue weighted by atomic mass is 15.2. The van der Waals surface area contributed by atoms with Crippen molar-refractivity contribution >= 4 is 5.82 Å². The maximum atomic E-state index is 4.89. The van der Waals surface area contributed by atoms with Crippen molar-refractivity contribution in [2.45, 2.75) is 53.5 Å². The first-order chi connectivity index (χ1) is 9.77. The smallest absolute Gasteiger partial charge is 0.129 e. The molecule has 21 heavy (non-hydrogen) atoms. The molecule has 0 atom stereocenters. The summed E-state index contributed by atoms with van der Waals surface area (Å²) >= 11 is 0. The van der Waals surface area contributed by atoms with Crippen LogP contribution in [0.5, 0.6) is 0 Å². The van der Waals surface area contributed by atoms with Crippen molar-refractivity contribution in [3.8, 4) is 0 Å². The van der Waals surface area contributed by atoms with Gasteiger partial charge >= 0.3 is 0 Å². The van der Waals surface area contributed by atoms with Crippen LogP contribution in [0.4, 0.5) is 5.82 Å². The molecule has 0 saturated carbocycles. The van der Waals surface area contributed by atoms with Crippen LogP contribution >= 0.6 is 0 Å². The highest BCUT2D eigenvalue weighted by Gasteiger charge is 2.18. The van der Waals surface area contributed by atoms with Gasteiger partial charge in [0.25, 0.3) is 0 Å². The first-order valence-electron chi connectivity index (χ1n) is 7.89. The van der Waals surface area contributed by atoms with Gasteiger partial charge < -0.3 is 10.2 Å². The third-order valence-electron chi connectivity index (χ3n) is 3.39. The fourth-order valence-electron chi connectivity index (χ4n) is 2.17. The van der Waals surface area contributed by atoms with E-state index in [4.69, 9.17) is 4.98 Å². The second kappa shape index (κ2) is 7.60. The summed E-state index contributed by atoms with van der Waals surface area (Å²) in [6, 6.07) is 4.42. The average molecular weight is 289 g/mol. The number of nitrogens with zero attached hydrogens (tertiary/aromatic N) is 2. The lowest BCUT2D eigenvalue weighted by atomic mass is 9.90. The Balaban J connectivity index is 3.19. The molecule has 0 aromatic carbocycles. The number of aromatic nitrogens is 1. The highest BCUT2D eigenvalue weighted by molar-refractivity contribution is 5.45. The summed E-state index contributed by atoms with van der Waals surface area (Å²) in [7, 11) is 0. The summed E-state index contributed by atoms with van der Waals surface area (Å²) in [5.74, 6) is 1.06. The summed E-state index contributed by atoms with van der Waals surface area (Å²) in [6.07, 6.45) is 0. The summed E-state index contributed by atoms with van der Waals surface area (Å²) in [4.78, 5) is 7.18. The van der Waals surface area contributed by atoms with Crippen LogP contribution in [0.15, 0.2) is 24.3 Å². The lowest BCUT2D eigenvalue weighted by Crippen LogP contribution is -2.27. The predicted octanol–water partition coefficient (Wildman–Crippen LogP) is 3.89. The van der Waals surface area contributed by atoms with Gasteiger partial charge in [0, 0.05) is 30.7 Å². The Bertz CT molecular complexity index is 472. The van der Waals surface area contributed by atoms with Crippen LogP contribution < -0.4 is 10.2 Å². The number of rotatable bonds is 7. The standard InChI is InChI=1S/C18H31N3/c1-8-19-12-15-10-16(18(5,6)7)20-17(11-15)21(9-2)13-14(3)4/h10-11,19H,3,8-9,12-13H2,1-2,4-7H3. The van der Waals surface area contributed by atoms with Crippen molar-refractivity contribution in [1.29, 1.82) is 0 Å². The normalized spacial score (nSPS) is 11.5. The van der Waals surface area contributed by atoms with Gasteiger partial charge in [0.1, 0.15) is 5.82 Å². The van der Waals surface area contributed by atoms with E-state index in [2.05, 4.69) is 70.5 Å². The minimum absolute atomic E-state index is 0.0552. The highest BCUT2D eigenvalue weighted by Crippen LogP contribution is 2.25. The molecule has 3 heteroatoms. The molecule has 3 nitrogen and oxygen atoms in total. The molecule has 0 saturated heterocycles. The van der Waals surface area contributed by atoms with E-state index in [1.54, 1.807) is 0 Å². The van der Waals surface area contributed by atoms with Crippen molar-refractivity contribution in [3.63, 3.8) is 0 Å². The Morgan fingerprint density at radius 2 is 1.95 bits per heavy atom. The number of likely N-dealkylation sites (N-methyl/N-ethyl adjacent to an activating group) is 1. The Hall–Kier alpha value is -1.35. The molecular formula is C18H31N3. The van der Waals surface area contributed by atoms with Crippen LogP contribution in [0.1, 0.15) is 52.8 Å². The molecule has 1 heterocycles. The molecule has 1 aromatic heterocycles. The van der Waals surface area contributed by atoms with Gasteiger partial charge in [-0.15, -0.1) is 0 Å². The van der Waals surface area contributed by atoms with Gasteiger partial charge in [0.2, 0.25) is 0 Å². The lowest BCUT2D eigenvalue weighted by molar-refractivity contribution is 0.565. The van der Waals surface area contributed by atoms with Gasteiger partial charge in [-0.2, -0.15) is 0 Å². The SMILES string of the molecule is C=C(C)CN(CC)c1cc(CNCC)cc(C(C)(C)C)n1. The van der Waals surface area contributed by atoms with Crippen LogP contribution in [0, 0.1) is 0 Å². The molecule has 1 N–H and O–H groups in total. The van der Waals surface area contributed by atoms with Crippen LogP contribution in [-0.4, -0.2) is 24.6 Å². The number of pyridine rings is 1. The molecule has 1 rings (SSSR count). The third kappa shape index (κ3) is 5.50. The largest absolute Gasteiger partial charge is 0.353 e. The lowest BCUT2D eigenvalue weighted by Gasteiger charge is -2.26. The molecular weight excluding hydrogens is 258 g/mol. The molecule has 1 aromatic rings. The van der Waals surface area contributed by atoms with E-state index >= 15 is 0 Å². The summed E-state index contributed by atoms with van der Waals surface area (Å²) < 4.78 is 0. The van der Waals surface area contributed by atoms with Crippen LogP contribution in [0.25, 0.3) is 0 Å². The summed E-state index contributed by atoms with van der Waals surface area (Å²) in [6.45, 7) is 20.7. The number of hydrogen-bond acceptors (Lipinski definition) is 3. The van der Waals surface area contributed by atoms with E-state index in [1.165, 1.54) is 5.56 Å². The van der Waals surface area contributed by atoms with E-state index in [1.807, 2.05) is 0 Å². The second-order valence-corrected chi connectivity index (χ2v) is 6.72. The second-order valence-electron chi connectivity index (χ2n) is 6.72. The molecule has 118 valence electrons. The number of anilines is 1.